The van der Waals surface area contributed by atoms with Gasteiger partial charge in [0.15, 0.2) is 0 Å². The van der Waals surface area contributed by atoms with Gasteiger partial charge in [-0.3, -0.25) is 4.90 Å². The van der Waals surface area contributed by atoms with Crippen molar-refractivity contribution in [2.45, 2.75) is 45.1 Å². The van der Waals surface area contributed by atoms with Crippen molar-refractivity contribution >= 4 is 0 Å². The molecule has 100 valence electrons. The third-order valence-electron chi connectivity index (χ3n) is 3.77. The van der Waals surface area contributed by atoms with Gasteiger partial charge in [-0.15, -0.1) is 0 Å². The molecule has 2 rings (SSSR count). The van der Waals surface area contributed by atoms with Crippen LogP contribution >= 0.6 is 0 Å². The van der Waals surface area contributed by atoms with Gasteiger partial charge < -0.3 is 0 Å². The quantitative estimate of drug-likeness (QED) is 0.732. The average Bonchev–Trinajstić information content (AvgIpc) is 2.28. The van der Waals surface area contributed by atoms with Crippen LogP contribution in [0.1, 0.15) is 45.1 Å². The van der Waals surface area contributed by atoms with Crippen molar-refractivity contribution in [1.29, 1.82) is 0 Å². The Balaban J connectivity index is 2.18. The van der Waals surface area contributed by atoms with Crippen LogP contribution in [0.4, 0.5) is 8.78 Å². The molecule has 18 heavy (non-hydrogen) atoms. The van der Waals surface area contributed by atoms with Gasteiger partial charge in [-0.2, -0.15) is 0 Å². The Morgan fingerprint density at radius 3 is 2.56 bits per heavy atom. The summed E-state index contributed by atoms with van der Waals surface area (Å²) < 4.78 is 26.7. The third-order valence-corrected chi connectivity index (χ3v) is 3.77. The minimum absolute atomic E-state index is 0.106. The lowest BCUT2D eigenvalue weighted by molar-refractivity contribution is 0.0978. The first kappa shape index (κ1) is 13.5. The highest BCUT2D eigenvalue weighted by Crippen LogP contribution is 2.32. The molecular weight excluding hydrogens is 232 g/mol. The summed E-state index contributed by atoms with van der Waals surface area (Å²) >= 11 is 0. The molecule has 0 saturated carbocycles. The highest BCUT2D eigenvalue weighted by molar-refractivity contribution is 5.23. The van der Waals surface area contributed by atoms with Gasteiger partial charge in [0.2, 0.25) is 0 Å². The van der Waals surface area contributed by atoms with Gasteiger partial charge in [-0.05, 0) is 57.7 Å². The Morgan fingerprint density at radius 2 is 1.94 bits per heavy atom. The van der Waals surface area contributed by atoms with E-state index in [2.05, 4.69) is 25.7 Å². The first-order valence-electron chi connectivity index (χ1n) is 6.58. The van der Waals surface area contributed by atoms with Crippen LogP contribution < -0.4 is 0 Å². The average molecular weight is 253 g/mol. The van der Waals surface area contributed by atoms with Gasteiger partial charge in [-0.1, -0.05) is 6.07 Å². The maximum atomic E-state index is 13.8. The molecule has 1 heterocycles. The van der Waals surface area contributed by atoms with E-state index in [4.69, 9.17) is 0 Å². The van der Waals surface area contributed by atoms with E-state index in [1.54, 1.807) is 6.07 Å². The molecule has 1 aromatic rings. The summed E-state index contributed by atoms with van der Waals surface area (Å²) in [6.07, 6.45) is 2.05. The number of rotatable bonds is 1. The number of nitrogens with zero attached hydrogens (tertiary/aromatic N) is 1. The summed E-state index contributed by atoms with van der Waals surface area (Å²) in [6, 6.07) is 3.95. The summed E-state index contributed by atoms with van der Waals surface area (Å²) in [5.74, 6) is -0.728. The molecule has 0 aliphatic carbocycles. The molecule has 1 nitrogen and oxygen atoms in total. The maximum absolute atomic E-state index is 13.8. The molecule has 3 heteroatoms. The first-order chi connectivity index (χ1) is 8.38. The van der Waals surface area contributed by atoms with Crippen molar-refractivity contribution in [2.75, 3.05) is 13.1 Å². The molecular formula is C15H21F2N. The third kappa shape index (κ3) is 2.89. The number of likely N-dealkylation sites (tertiary alicyclic amines) is 1. The van der Waals surface area contributed by atoms with Gasteiger partial charge in [0.1, 0.15) is 11.6 Å². The number of piperidine rings is 1. The normalized spacial score (nSPS) is 22.2. The minimum Gasteiger partial charge on any atom is -0.298 e. The Kier molecular flexibility index (Phi) is 3.71. The predicted molar refractivity (Wildman–Crippen MR) is 69.7 cm³/mol. The fourth-order valence-corrected chi connectivity index (χ4v) is 2.67. The lowest BCUT2D eigenvalue weighted by Gasteiger charge is -2.41. The molecule has 0 radical (unpaired) electrons. The van der Waals surface area contributed by atoms with Crippen molar-refractivity contribution in [3.63, 3.8) is 0 Å². The lowest BCUT2D eigenvalue weighted by atomic mass is 9.88. The van der Waals surface area contributed by atoms with Crippen molar-refractivity contribution in [2.24, 2.45) is 0 Å². The Bertz CT molecular complexity index is 423. The summed E-state index contributed by atoms with van der Waals surface area (Å²) in [7, 11) is 0. The maximum Gasteiger partial charge on any atom is 0.129 e. The summed E-state index contributed by atoms with van der Waals surface area (Å²) in [6.45, 7) is 8.44. The minimum atomic E-state index is -0.500. The molecule has 1 aliphatic heterocycles. The topological polar surface area (TPSA) is 3.24 Å². The van der Waals surface area contributed by atoms with Crippen LogP contribution in [-0.4, -0.2) is 23.5 Å². The Morgan fingerprint density at radius 1 is 1.22 bits per heavy atom. The van der Waals surface area contributed by atoms with Crippen LogP contribution in [0.5, 0.6) is 0 Å². The van der Waals surface area contributed by atoms with E-state index in [-0.39, 0.29) is 11.5 Å². The van der Waals surface area contributed by atoms with Gasteiger partial charge in [0, 0.05) is 18.2 Å². The fraction of sp³-hybridized carbons (Fsp3) is 0.600. The lowest BCUT2D eigenvalue weighted by Crippen LogP contribution is -2.46. The van der Waals surface area contributed by atoms with Crippen molar-refractivity contribution in [1.82, 2.24) is 4.90 Å². The summed E-state index contributed by atoms with van der Waals surface area (Å²) in [4.78, 5) is 2.38. The number of hydrogen-bond donors (Lipinski definition) is 0. The summed E-state index contributed by atoms with van der Waals surface area (Å²) in [5, 5.41) is 0. The van der Waals surface area contributed by atoms with E-state index < -0.39 is 11.6 Å². The van der Waals surface area contributed by atoms with Gasteiger partial charge in [0.25, 0.3) is 0 Å². The van der Waals surface area contributed by atoms with Gasteiger partial charge in [-0.25, -0.2) is 8.78 Å². The van der Waals surface area contributed by atoms with Gasteiger partial charge in [0.05, 0.1) is 0 Å². The van der Waals surface area contributed by atoms with E-state index in [9.17, 15) is 8.78 Å². The summed E-state index contributed by atoms with van der Waals surface area (Å²) in [5.41, 5.74) is 0.764. The zero-order valence-corrected chi connectivity index (χ0v) is 11.3. The molecule has 0 spiro atoms. The SMILES string of the molecule is CC(C)(C)N1CCC[C@H](c2ccc(F)cc2F)C1. The van der Waals surface area contributed by atoms with Crippen LogP contribution in [0.15, 0.2) is 18.2 Å². The van der Waals surface area contributed by atoms with Crippen molar-refractivity contribution < 1.29 is 8.78 Å². The highest BCUT2D eigenvalue weighted by Gasteiger charge is 2.29. The van der Waals surface area contributed by atoms with Crippen molar-refractivity contribution in [3.8, 4) is 0 Å². The first-order valence-corrected chi connectivity index (χ1v) is 6.58. The molecule has 0 amide bonds. The highest BCUT2D eigenvalue weighted by atomic mass is 19.1. The number of hydrogen-bond acceptors (Lipinski definition) is 1. The number of halogens is 2. The molecule has 0 aromatic heterocycles. The molecule has 0 bridgehead atoms. The van der Waals surface area contributed by atoms with Crippen LogP contribution in [0.3, 0.4) is 0 Å². The smallest absolute Gasteiger partial charge is 0.129 e. The molecule has 0 unspecified atom stereocenters. The second kappa shape index (κ2) is 4.96. The van der Waals surface area contributed by atoms with Crippen LogP contribution in [0, 0.1) is 11.6 Å². The molecule has 1 aliphatic rings. The second-order valence-corrected chi connectivity index (χ2v) is 6.12. The molecule has 1 atom stereocenters. The van der Waals surface area contributed by atoms with Crippen LogP contribution in [-0.2, 0) is 0 Å². The predicted octanol–water partition coefficient (Wildman–Crippen LogP) is 3.94. The fourth-order valence-electron chi connectivity index (χ4n) is 2.67. The van der Waals surface area contributed by atoms with E-state index in [0.29, 0.717) is 5.56 Å². The molecule has 1 fully saturated rings. The zero-order chi connectivity index (χ0) is 13.3. The molecule has 0 N–H and O–H groups in total. The van der Waals surface area contributed by atoms with E-state index in [1.165, 1.54) is 6.07 Å². The van der Waals surface area contributed by atoms with Gasteiger partial charge >= 0.3 is 0 Å². The largest absolute Gasteiger partial charge is 0.298 e. The number of benzene rings is 1. The van der Waals surface area contributed by atoms with Crippen LogP contribution in [0.25, 0.3) is 0 Å². The Labute approximate surface area is 108 Å². The van der Waals surface area contributed by atoms with E-state index in [0.717, 1.165) is 32.0 Å². The van der Waals surface area contributed by atoms with E-state index >= 15 is 0 Å². The molecule has 1 aromatic carbocycles. The van der Waals surface area contributed by atoms with E-state index in [1.807, 2.05) is 0 Å². The van der Waals surface area contributed by atoms with Crippen molar-refractivity contribution in [3.05, 3.63) is 35.4 Å². The Hall–Kier alpha value is -0.960. The zero-order valence-electron chi connectivity index (χ0n) is 11.3. The molecule has 1 saturated heterocycles. The van der Waals surface area contributed by atoms with Crippen LogP contribution in [0.2, 0.25) is 0 Å². The standard InChI is InChI=1S/C15H21F2N/c1-15(2,3)18-8-4-5-11(10-18)13-7-6-12(16)9-14(13)17/h6-7,9,11H,4-5,8,10H2,1-3H3/t11-/m0/s1. The second-order valence-electron chi connectivity index (χ2n) is 6.12. The monoisotopic (exact) mass is 253 g/mol.